The van der Waals surface area contributed by atoms with E-state index < -0.39 is 11.9 Å². The van der Waals surface area contributed by atoms with Crippen LogP contribution in [0.3, 0.4) is 0 Å². The number of amides is 2. The van der Waals surface area contributed by atoms with E-state index in [1.165, 1.54) is 6.07 Å². The molecule has 2 amide bonds. The van der Waals surface area contributed by atoms with Crippen molar-refractivity contribution < 1.29 is 19.5 Å². The van der Waals surface area contributed by atoms with Gasteiger partial charge in [0, 0.05) is 11.8 Å². The minimum absolute atomic E-state index is 0.0390. The maximum atomic E-state index is 11.9. The number of imide groups is 1. The summed E-state index contributed by atoms with van der Waals surface area (Å²) in [6.07, 6.45) is 0.756. The summed E-state index contributed by atoms with van der Waals surface area (Å²) >= 11 is 0. The van der Waals surface area contributed by atoms with Gasteiger partial charge in [-0.05, 0) is 24.1 Å². The van der Waals surface area contributed by atoms with E-state index in [0.29, 0.717) is 18.4 Å². The van der Waals surface area contributed by atoms with E-state index in [1.54, 1.807) is 18.2 Å². The number of carbonyl (C=O) groups is 3. The molecule has 0 aliphatic carbocycles. The first-order valence-electron chi connectivity index (χ1n) is 6.52. The van der Waals surface area contributed by atoms with Crippen LogP contribution in [0.2, 0.25) is 0 Å². The standard InChI is InChI=1S/C15H12N2O4/c18-13-6-4-10(14(19)17-13)9-2-1-8-3-5-11(15(20)21)16-12(8)7-9/h1-3,5,7,10H,4,6H2,(H,20,21)(H,17,18,19). The molecular weight excluding hydrogens is 272 g/mol. The zero-order chi connectivity index (χ0) is 15.0. The predicted octanol–water partition coefficient (Wildman–Crippen LogP) is 1.45. The van der Waals surface area contributed by atoms with E-state index in [9.17, 15) is 14.4 Å². The number of piperidine rings is 1. The minimum Gasteiger partial charge on any atom is -0.477 e. The molecule has 3 rings (SSSR count). The van der Waals surface area contributed by atoms with Gasteiger partial charge in [-0.1, -0.05) is 18.2 Å². The molecule has 2 heterocycles. The average Bonchev–Trinajstić information content (AvgIpc) is 2.46. The fraction of sp³-hybridized carbons (Fsp3) is 0.200. The maximum absolute atomic E-state index is 11.9. The summed E-state index contributed by atoms with van der Waals surface area (Å²) < 4.78 is 0. The Hall–Kier alpha value is -2.76. The molecule has 1 atom stereocenters. The van der Waals surface area contributed by atoms with Gasteiger partial charge in [-0.25, -0.2) is 9.78 Å². The molecule has 0 spiro atoms. The van der Waals surface area contributed by atoms with Crippen LogP contribution in [0.15, 0.2) is 30.3 Å². The number of hydrogen-bond acceptors (Lipinski definition) is 4. The van der Waals surface area contributed by atoms with Crippen LogP contribution in [0, 0.1) is 0 Å². The van der Waals surface area contributed by atoms with Gasteiger partial charge >= 0.3 is 5.97 Å². The summed E-state index contributed by atoms with van der Waals surface area (Å²) in [7, 11) is 0. The van der Waals surface area contributed by atoms with Crippen molar-refractivity contribution in [2.75, 3.05) is 0 Å². The van der Waals surface area contributed by atoms with E-state index in [4.69, 9.17) is 5.11 Å². The number of carboxylic acid groups (broad SMARTS) is 1. The fourth-order valence-corrected chi connectivity index (χ4v) is 2.48. The Morgan fingerprint density at radius 2 is 2.00 bits per heavy atom. The summed E-state index contributed by atoms with van der Waals surface area (Å²) in [6.45, 7) is 0. The van der Waals surface area contributed by atoms with Crippen molar-refractivity contribution in [3.8, 4) is 0 Å². The smallest absolute Gasteiger partial charge is 0.354 e. The van der Waals surface area contributed by atoms with E-state index in [0.717, 1.165) is 10.9 Å². The van der Waals surface area contributed by atoms with Crippen molar-refractivity contribution in [1.82, 2.24) is 10.3 Å². The van der Waals surface area contributed by atoms with Gasteiger partial charge in [0.25, 0.3) is 0 Å². The molecule has 106 valence electrons. The third kappa shape index (κ3) is 2.47. The van der Waals surface area contributed by atoms with Gasteiger partial charge in [0.15, 0.2) is 0 Å². The van der Waals surface area contributed by atoms with Crippen LogP contribution in [-0.2, 0) is 9.59 Å². The molecular formula is C15H12N2O4. The summed E-state index contributed by atoms with van der Waals surface area (Å²) in [6, 6.07) is 8.44. The fourth-order valence-electron chi connectivity index (χ4n) is 2.48. The third-order valence-electron chi connectivity index (χ3n) is 3.58. The normalized spacial score (nSPS) is 18.6. The number of carbonyl (C=O) groups excluding carboxylic acids is 2. The summed E-state index contributed by atoms with van der Waals surface area (Å²) in [5.41, 5.74) is 1.22. The lowest BCUT2D eigenvalue weighted by molar-refractivity contribution is -0.134. The van der Waals surface area contributed by atoms with Crippen molar-refractivity contribution in [3.05, 3.63) is 41.6 Å². The number of benzene rings is 1. The van der Waals surface area contributed by atoms with Crippen LogP contribution in [-0.4, -0.2) is 27.9 Å². The number of carboxylic acids is 1. The Bertz CT molecular complexity index is 769. The van der Waals surface area contributed by atoms with Crippen LogP contribution < -0.4 is 5.32 Å². The third-order valence-corrected chi connectivity index (χ3v) is 3.58. The molecule has 1 aliphatic heterocycles. The number of hydrogen-bond donors (Lipinski definition) is 2. The highest BCUT2D eigenvalue weighted by Gasteiger charge is 2.28. The molecule has 2 N–H and O–H groups in total. The molecule has 0 bridgehead atoms. The topological polar surface area (TPSA) is 96.4 Å². The second-order valence-corrected chi connectivity index (χ2v) is 4.96. The Labute approximate surface area is 119 Å². The van der Waals surface area contributed by atoms with Crippen molar-refractivity contribution in [1.29, 1.82) is 0 Å². The highest BCUT2D eigenvalue weighted by Crippen LogP contribution is 2.27. The summed E-state index contributed by atoms with van der Waals surface area (Å²) in [5.74, 6) is -2.07. The first kappa shape index (κ1) is 13.2. The maximum Gasteiger partial charge on any atom is 0.354 e. The largest absolute Gasteiger partial charge is 0.477 e. The first-order chi connectivity index (χ1) is 10.0. The molecule has 1 fully saturated rings. The van der Waals surface area contributed by atoms with Gasteiger partial charge < -0.3 is 5.11 Å². The molecule has 2 aromatic rings. The molecule has 1 aliphatic rings. The predicted molar refractivity (Wildman–Crippen MR) is 73.8 cm³/mol. The number of nitrogens with one attached hydrogen (secondary N) is 1. The Balaban J connectivity index is 2.01. The van der Waals surface area contributed by atoms with Crippen molar-refractivity contribution in [2.24, 2.45) is 0 Å². The first-order valence-corrected chi connectivity index (χ1v) is 6.52. The molecule has 6 heteroatoms. The van der Waals surface area contributed by atoms with Gasteiger partial charge in [-0.3, -0.25) is 14.9 Å². The molecule has 1 aromatic heterocycles. The van der Waals surface area contributed by atoms with Crippen LogP contribution in [0.1, 0.15) is 34.8 Å². The van der Waals surface area contributed by atoms with Gasteiger partial charge in [0.05, 0.1) is 11.4 Å². The van der Waals surface area contributed by atoms with E-state index >= 15 is 0 Å². The molecule has 1 saturated heterocycles. The second-order valence-electron chi connectivity index (χ2n) is 4.96. The number of aromatic nitrogens is 1. The number of nitrogens with zero attached hydrogens (tertiary/aromatic N) is 1. The number of aromatic carboxylic acids is 1. The zero-order valence-electron chi connectivity index (χ0n) is 11.0. The lowest BCUT2D eigenvalue weighted by Crippen LogP contribution is -2.39. The SMILES string of the molecule is O=C1CCC(c2ccc3ccc(C(=O)O)nc3c2)C(=O)N1. The van der Waals surface area contributed by atoms with Gasteiger partial charge in [0.2, 0.25) is 11.8 Å². The molecule has 21 heavy (non-hydrogen) atoms. The van der Waals surface area contributed by atoms with Crippen molar-refractivity contribution >= 4 is 28.7 Å². The van der Waals surface area contributed by atoms with Crippen LogP contribution in [0.25, 0.3) is 10.9 Å². The van der Waals surface area contributed by atoms with Crippen LogP contribution in [0.4, 0.5) is 0 Å². The highest BCUT2D eigenvalue weighted by molar-refractivity contribution is 6.01. The Kier molecular flexibility index (Phi) is 3.13. The van der Waals surface area contributed by atoms with E-state index in [1.807, 2.05) is 6.07 Å². The van der Waals surface area contributed by atoms with E-state index in [-0.39, 0.29) is 17.5 Å². The summed E-state index contributed by atoms with van der Waals surface area (Å²) in [4.78, 5) is 38.1. The van der Waals surface area contributed by atoms with Gasteiger partial charge in [0.1, 0.15) is 5.69 Å². The second kappa shape index (κ2) is 4.97. The lowest BCUT2D eigenvalue weighted by atomic mass is 9.90. The van der Waals surface area contributed by atoms with Crippen LogP contribution in [0.5, 0.6) is 0 Å². The molecule has 1 unspecified atom stereocenters. The Morgan fingerprint density at radius 1 is 1.24 bits per heavy atom. The minimum atomic E-state index is -1.09. The quantitative estimate of drug-likeness (QED) is 0.814. The van der Waals surface area contributed by atoms with Crippen LogP contribution >= 0.6 is 0 Å². The highest BCUT2D eigenvalue weighted by atomic mass is 16.4. The Morgan fingerprint density at radius 3 is 2.71 bits per heavy atom. The lowest BCUT2D eigenvalue weighted by Gasteiger charge is -2.21. The zero-order valence-corrected chi connectivity index (χ0v) is 11.0. The van der Waals surface area contributed by atoms with Crippen molar-refractivity contribution in [3.63, 3.8) is 0 Å². The number of fused-ring (bicyclic) bond motifs is 1. The number of pyridine rings is 1. The monoisotopic (exact) mass is 284 g/mol. The molecule has 1 aromatic carbocycles. The molecule has 6 nitrogen and oxygen atoms in total. The number of rotatable bonds is 2. The molecule has 0 saturated carbocycles. The van der Waals surface area contributed by atoms with Gasteiger partial charge in [-0.15, -0.1) is 0 Å². The molecule has 0 radical (unpaired) electrons. The average molecular weight is 284 g/mol. The summed E-state index contributed by atoms with van der Waals surface area (Å²) in [5, 5.41) is 12.1. The van der Waals surface area contributed by atoms with Gasteiger partial charge in [-0.2, -0.15) is 0 Å². The van der Waals surface area contributed by atoms with Crippen molar-refractivity contribution in [2.45, 2.75) is 18.8 Å². The van der Waals surface area contributed by atoms with E-state index in [2.05, 4.69) is 10.3 Å².